The topological polar surface area (TPSA) is 72.6 Å². The maximum Gasteiger partial charge on any atom is 0.269 e. The second-order valence-electron chi connectivity index (χ2n) is 9.44. The Morgan fingerprint density at radius 3 is 2.22 bits per heavy atom. The predicted molar refractivity (Wildman–Crippen MR) is 149 cm³/mol. The molecule has 0 amide bonds. The molecule has 1 aliphatic rings. The number of benzene rings is 3. The summed E-state index contributed by atoms with van der Waals surface area (Å²) in [6.45, 7) is 4.31. The van der Waals surface area contributed by atoms with Crippen molar-refractivity contribution in [2.24, 2.45) is 5.18 Å². The molecule has 0 saturated carbocycles. The largest absolute Gasteiger partial charge is 0.269 e. The lowest BCUT2D eigenvalue weighted by atomic mass is 9.71. The zero-order valence-electron chi connectivity index (χ0n) is 20.7. The van der Waals surface area contributed by atoms with Crippen LogP contribution in [-0.2, 0) is 5.41 Å². The first kappa shape index (κ1) is 26.4. The highest BCUT2D eigenvalue weighted by molar-refractivity contribution is 7.99. The number of nitrogens with zero attached hydrogens (tertiary/aromatic N) is 2. The van der Waals surface area contributed by atoms with Crippen LogP contribution in [0.3, 0.4) is 0 Å². The van der Waals surface area contributed by atoms with Crippen molar-refractivity contribution in [3.8, 4) is 11.1 Å². The highest BCUT2D eigenvalue weighted by Gasteiger charge is 2.43. The van der Waals surface area contributed by atoms with E-state index in [9.17, 15) is 15.0 Å². The standard InChI is InChI=1S/C29H31ClN2O3S/c1-3-15-29(16-4-2)26-18-20(7-13-24(26)25-14-10-22(32(34)35)19-27(25)29)28(31-33)6-5-17-36-23-11-8-21(30)9-12-23/h7-14,18-19,28H,3-6,15-17H2,1-2H3. The van der Waals surface area contributed by atoms with Gasteiger partial charge in [-0.25, -0.2) is 0 Å². The van der Waals surface area contributed by atoms with Crippen LogP contribution in [0.1, 0.15) is 75.1 Å². The minimum atomic E-state index is -0.417. The quantitative estimate of drug-likeness (QED) is 0.0780. The van der Waals surface area contributed by atoms with Crippen LogP contribution >= 0.6 is 23.4 Å². The molecule has 7 heteroatoms. The smallest absolute Gasteiger partial charge is 0.258 e. The Kier molecular flexibility index (Phi) is 8.47. The summed E-state index contributed by atoms with van der Waals surface area (Å²) < 4.78 is 0. The van der Waals surface area contributed by atoms with Crippen molar-refractivity contribution in [1.29, 1.82) is 0 Å². The van der Waals surface area contributed by atoms with Gasteiger partial charge < -0.3 is 0 Å². The summed E-state index contributed by atoms with van der Waals surface area (Å²) in [6.07, 6.45) is 5.27. The van der Waals surface area contributed by atoms with Gasteiger partial charge in [0.1, 0.15) is 6.04 Å². The van der Waals surface area contributed by atoms with Gasteiger partial charge >= 0.3 is 0 Å². The third-order valence-electron chi connectivity index (χ3n) is 7.15. The molecule has 0 saturated heterocycles. The zero-order chi connectivity index (χ0) is 25.7. The Bertz CT molecular complexity index is 1240. The van der Waals surface area contributed by atoms with E-state index >= 15 is 0 Å². The van der Waals surface area contributed by atoms with Gasteiger partial charge in [-0.2, -0.15) is 4.91 Å². The molecule has 0 bridgehead atoms. The van der Waals surface area contributed by atoms with Gasteiger partial charge in [-0.1, -0.05) is 61.7 Å². The molecule has 0 heterocycles. The van der Waals surface area contributed by atoms with Crippen molar-refractivity contribution >= 4 is 29.1 Å². The van der Waals surface area contributed by atoms with Gasteiger partial charge in [0.2, 0.25) is 0 Å². The normalized spacial score (nSPS) is 14.2. The van der Waals surface area contributed by atoms with Crippen LogP contribution in [0.4, 0.5) is 5.69 Å². The summed E-state index contributed by atoms with van der Waals surface area (Å²) in [6, 6.07) is 18.9. The molecule has 0 fully saturated rings. The molecule has 1 aliphatic carbocycles. The first-order valence-corrected chi connectivity index (χ1v) is 13.9. The number of rotatable bonds is 12. The molecule has 0 aromatic heterocycles. The predicted octanol–water partition coefficient (Wildman–Crippen LogP) is 9.49. The van der Waals surface area contributed by atoms with E-state index in [4.69, 9.17) is 11.6 Å². The van der Waals surface area contributed by atoms with E-state index in [1.807, 2.05) is 36.4 Å². The van der Waals surface area contributed by atoms with Crippen molar-refractivity contribution in [2.75, 3.05) is 5.75 Å². The third-order valence-corrected chi connectivity index (χ3v) is 8.50. The molecule has 36 heavy (non-hydrogen) atoms. The molecule has 5 nitrogen and oxygen atoms in total. The van der Waals surface area contributed by atoms with E-state index in [-0.39, 0.29) is 16.0 Å². The lowest BCUT2D eigenvalue weighted by Gasteiger charge is -2.32. The van der Waals surface area contributed by atoms with Gasteiger partial charge in [0.05, 0.1) is 4.92 Å². The van der Waals surface area contributed by atoms with Crippen LogP contribution in [0.5, 0.6) is 0 Å². The van der Waals surface area contributed by atoms with E-state index in [1.54, 1.807) is 23.9 Å². The Balaban J connectivity index is 1.61. The van der Waals surface area contributed by atoms with Gasteiger partial charge in [-0.3, -0.25) is 10.1 Å². The van der Waals surface area contributed by atoms with Crippen molar-refractivity contribution in [1.82, 2.24) is 0 Å². The second-order valence-corrected chi connectivity index (χ2v) is 11.0. The number of hydrogen-bond donors (Lipinski definition) is 0. The summed E-state index contributed by atoms with van der Waals surface area (Å²) >= 11 is 7.71. The molecule has 0 aliphatic heterocycles. The molecule has 3 aromatic rings. The molecular formula is C29H31ClN2O3S. The summed E-state index contributed by atoms with van der Waals surface area (Å²) in [5.74, 6) is 0.892. The van der Waals surface area contributed by atoms with Gasteiger partial charge in [0, 0.05) is 27.5 Å². The molecule has 0 radical (unpaired) electrons. The number of hydrogen-bond acceptors (Lipinski definition) is 5. The Morgan fingerprint density at radius 1 is 0.972 bits per heavy atom. The Morgan fingerprint density at radius 2 is 1.61 bits per heavy atom. The van der Waals surface area contributed by atoms with Crippen LogP contribution in [0.15, 0.2) is 70.7 Å². The lowest BCUT2D eigenvalue weighted by Crippen LogP contribution is -2.25. The van der Waals surface area contributed by atoms with Gasteiger partial charge in [0.15, 0.2) is 0 Å². The van der Waals surface area contributed by atoms with Gasteiger partial charge in [-0.15, -0.1) is 11.8 Å². The number of thioether (sulfide) groups is 1. The number of non-ortho nitro benzene ring substituents is 1. The summed E-state index contributed by atoms with van der Waals surface area (Å²) in [5.41, 5.74) is 5.19. The average Bonchev–Trinajstić information content (AvgIpc) is 3.14. The van der Waals surface area contributed by atoms with E-state index in [0.717, 1.165) is 70.0 Å². The number of nitro benzene ring substituents is 1. The lowest BCUT2D eigenvalue weighted by molar-refractivity contribution is -0.384. The van der Waals surface area contributed by atoms with Gasteiger partial charge in [-0.05, 0) is 89.6 Å². The van der Waals surface area contributed by atoms with Crippen LogP contribution in [0, 0.1) is 15.0 Å². The molecule has 0 spiro atoms. The second kappa shape index (κ2) is 11.6. The zero-order valence-corrected chi connectivity index (χ0v) is 22.3. The van der Waals surface area contributed by atoms with Crippen LogP contribution < -0.4 is 0 Å². The SMILES string of the molecule is CCCC1(CCC)c2cc(C(CCCSc3ccc(Cl)cc3)N=O)ccc2-c2ccc([N+](=O)[O-])cc21. The summed E-state index contributed by atoms with van der Waals surface area (Å²) in [7, 11) is 0. The Labute approximate surface area is 221 Å². The van der Waals surface area contributed by atoms with E-state index < -0.39 is 6.04 Å². The molecule has 188 valence electrons. The number of nitro groups is 1. The minimum Gasteiger partial charge on any atom is -0.258 e. The van der Waals surface area contributed by atoms with Gasteiger partial charge in [0.25, 0.3) is 5.69 Å². The average molecular weight is 523 g/mol. The van der Waals surface area contributed by atoms with E-state index in [0.29, 0.717) is 6.42 Å². The molecular weight excluding hydrogens is 492 g/mol. The fraction of sp³-hybridized carbons (Fsp3) is 0.379. The van der Waals surface area contributed by atoms with Crippen molar-refractivity contribution in [3.05, 3.63) is 97.4 Å². The van der Waals surface area contributed by atoms with Crippen LogP contribution in [0.2, 0.25) is 5.02 Å². The maximum absolute atomic E-state index is 11.9. The Hall–Kier alpha value is -2.70. The fourth-order valence-corrected chi connectivity index (χ4v) is 6.62. The maximum atomic E-state index is 11.9. The highest BCUT2D eigenvalue weighted by Crippen LogP contribution is 2.55. The van der Waals surface area contributed by atoms with Crippen LogP contribution in [0.25, 0.3) is 11.1 Å². The van der Waals surface area contributed by atoms with Crippen molar-refractivity contribution in [3.63, 3.8) is 0 Å². The van der Waals surface area contributed by atoms with Crippen molar-refractivity contribution in [2.45, 2.75) is 68.7 Å². The minimum absolute atomic E-state index is 0.129. The molecule has 3 aromatic carbocycles. The first-order valence-electron chi connectivity index (χ1n) is 12.6. The summed E-state index contributed by atoms with van der Waals surface area (Å²) in [5, 5.41) is 15.8. The highest BCUT2D eigenvalue weighted by atomic mass is 35.5. The van der Waals surface area contributed by atoms with E-state index in [1.165, 1.54) is 5.56 Å². The molecule has 1 atom stereocenters. The number of nitroso groups, excluding NO2 is 1. The molecule has 4 rings (SSSR count). The van der Waals surface area contributed by atoms with E-state index in [2.05, 4.69) is 31.2 Å². The third kappa shape index (κ3) is 5.21. The fourth-order valence-electron chi connectivity index (χ4n) is 5.62. The number of halogens is 1. The van der Waals surface area contributed by atoms with Crippen LogP contribution in [-0.4, -0.2) is 10.7 Å². The summed E-state index contributed by atoms with van der Waals surface area (Å²) in [4.78, 5) is 24.3. The van der Waals surface area contributed by atoms with Crippen molar-refractivity contribution < 1.29 is 4.92 Å². The molecule has 1 unspecified atom stereocenters. The first-order chi connectivity index (χ1) is 17.4. The molecule has 0 N–H and O–H groups in total. The number of fused-ring (bicyclic) bond motifs is 3. The monoisotopic (exact) mass is 522 g/mol.